The molecule has 0 aliphatic heterocycles. The van der Waals surface area contributed by atoms with Gasteiger partial charge < -0.3 is 10.7 Å². The van der Waals surface area contributed by atoms with E-state index in [-0.39, 0.29) is 0 Å². The lowest BCUT2D eigenvalue weighted by Gasteiger charge is -2.08. The number of nitrogens with one attached hydrogen (secondary N) is 1. The molecule has 1 heterocycles. The van der Waals surface area contributed by atoms with Gasteiger partial charge in [-0.3, -0.25) is 9.59 Å². The van der Waals surface area contributed by atoms with Crippen molar-refractivity contribution in [1.29, 1.82) is 0 Å². The number of amides is 1. The number of hydrogen-bond donors (Lipinski definition) is 2. The van der Waals surface area contributed by atoms with Gasteiger partial charge >= 0.3 is 6.18 Å². The minimum Gasteiger partial charge on any atom is -0.366 e. The molecule has 0 atom stereocenters. The number of nitrogens with two attached hydrogens (primary N) is 1. The summed E-state index contributed by atoms with van der Waals surface area (Å²) < 4.78 is 36.6. The molecule has 7 heteroatoms. The number of alkyl halides is 3. The molecular formula is C7H5F3N2O2. The van der Waals surface area contributed by atoms with Crippen molar-refractivity contribution in [1.82, 2.24) is 4.98 Å². The Morgan fingerprint density at radius 1 is 1.36 bits per heavy atom. The van der Waals surface area contributed by atoms with Crippen LogP contribution in [0.25, 0.3) is 0 Å². The Hall–Kier alpha value is -1.79. The summed E-state index contributed by atoms with van der Waals surface area (Å²) in [6, 6.07) is 1.54. The van der Waals surface area contributed by atoms with Crippen LogP contribution in [0, 0.1) is 0 Å². The molecule has 1 aromatic rings. The first-order valence-corrected chi connectivity index (χ1v) is 3.42. The number of aromatic amines is 1. The molecule has 14 heavy (non-hydrogen) atoms. The molecule has 0 fully saturated rings. The quantitative estimate of drug-likeness (QED) is 0.701. The molecule has 76 valence electrons. The third-order valence-electron chi connectivity index (χ3n) is 1.47. The van der Waals surface area contributed by atoms with E-state index in [0.717, 1.165) is 12.1 Å². The lowest BCUT2D eigenvalue weighted by molar-refractivity contribution is -0.141. The third-order valence-corrected chi connectivity index (χ3v) is 1.47. The van der Waals surface area contributed by atoms with Gasteiger partial charge in [0.1, 0.15) is 5.69 Å². The van der Waals surface area contributed by atoms with Gasteiger partial charge in [0.15, 0.2) is 0 Å². The van der Waals surface area contributed by atoms with Crippen molar-refractivity contribution in [2.24, 2.45) is 5.73 Å². The van der Waals surface area contributed by atoms with E-state index in [4.69, 9.17) is 5.73 Å². The minimum atomic E-state index is -4.80. The summed E-state index contributed by atoms with van der Waals surface area (Å²) in [6.07, 6.45) is -4.80. The summed E-state index contributed by atoms with van der Waals surface area (Å²) in [7, 11) is 0. The van der Waals surface area contributed by atoms with E-state index >= 15 is 0 Å². The van der Waals surface area contributed by atoms with Gasteiger partial charge in [0.25, 0.3) is 5.91 Å². The van der Waals surface area contributed by atoms with Gasteiger partial charge in [0, 0.05) is 6.07 Å². The zero-order valence-electron chi connectivity index (χ0n) is 6.68. The van der Waals surface area contributed by atoms with Crippen LogP contribution in [0.15, 0.2) is 16.9 Å². The van der Waals surface area contributed by atoms with Crippen LogP contribution in [-0.2, 0) is 6.18 Å². The topological polar surface area (TPSA) is 76.0 Å². The number of carbonyl (C=O) groups is 1. The second-order valence-electron chi connectivity index (χ2n) is 2.47. The average molecular weight is 206 g/mol. The zero-order chi connectivity index (χ0) is 10.9. The predicted molar refractivity (Wildman–Crippen MR) is 40.6 cm³/mol. The standard InChI is InChI=1S/C7H5F3N2O2/c8-7(9,10)5-3(6(11)14)1-2-4(13)12-5/h1-2H,(H2,11,14)(H,12,13). The lowest BCUT2D eigenvalue weighted by Crippen LogP contribution is -2.24. The molecule has 1 amide bonds. The summed E-state index contributed by atoms with van der Waals surface area (Å²) >= 11 is 0. The number of hydrogen-bond acceptors (Lipinski definition) is 2. The predicted octanol–water partition coefficient (Wildman–Crippen LogP) is 0.493. The largest absolute Gasteiger partial charge is 0.432 e. The lowest BCUT2D eigenvalue weighted by atomic mass is 10.2. The zero-order valence-corrected chi connectivity index (χ0v) is 6.68. The van der Waals surface area contributed by atoms with E-state index in [1.807, 2.05) is 0 Å². The van der Waals surface area contributed by atoms with Crippen LogP contribution in [0.4, 0.5) is 13.2 Å². The molecule has 3 N–H and O–H groups in total. The molecule has 4 nitrogen and oxygen atoms in total. The summed E-state index contributed by atoms with van der Waals surface area (Å²) in [5.74, 6) is -1.24. The fourth-order valence-corrected chi connectivity index (χ4v) is 0.903. The molecule has 1 aromatic heterocycles. The van der Waals surface area contributed by atoms with Gasteiger partial charge in [-0.1, -0.05) is 0 Å². The van der Waals surface area contributed by atoms with Gasteiger partial charge in [-0.05, 0) is 6.07 Å². The van der Waals surface area contributed by atoms with E-state index in [2.05, 4.69) is 0 Å². The normalized spacial score (nSPS) is 11.4. The fourth-order valence-electron chi connectivity index (χ4n) is 0.903. The van der Waals surface area contributed by atoms with Crippen molar-refractivity contribution in [3.05, 3.63) is 33.7 Å². The number of pyridine rings is 1. The second kappa shape index (κ2) is 3.17. The van der Waals surface area contributed by atoms with E-state index < -0.39 is 28.9 Å². The Morgan fingerprint density at radius 3 is 2.36 bits per heavy atom. The third kappa shape index (κ3) is 1.93. The Labute approximate surface area is 75.5 Å². The molecule has 0 aromatic carbocycles. The molecule has 0 aliphatic carbocycles. The summed E-state index contributed by atoms with van der Waals surface area (Å²) in [6.45, 7) is 0. The minimum absolute atomic E-state index is 0.740. The van der Waals surface area contributed by atoms with Gasteiger partial charge in [0.2, 0.25) is 5.56 Å². The molecule has 0 radical (unpaired) electrons. The van der Waals surface area contributed by atoms with Crippen LogP contribution in [0.1, 0.15) is 16.1 Å². The molecule has 0 unspecified atom stereocenters. The van der Waals surface area contributed by atoms with Crippen LogP contribution in [-0.4, -0.2) is 10.9 Å². The SMILES string of the molecule is NC(=O)c1ccc(=O)[nH]c1C(F)(F)F. The highest BCUT2D eigenvalue weighted by molar-refractivity contribution is 5.93. The maximum Gasteiger partial charge on any atom is 0.432 e. The van der Waals surface area contributed by atoms with Gasteiger partial charge in [-0.25, -0.2) is 0 Å². The number of rotatable bonds is 1. The smallest absolute Gasteiger partial charge is 0.366 e. The van der Waals surface area contributed by atoms with E-state index in [1.54, 1.807) is 0 Å². The van der Waals surface area contributed by atoms with Crippen molar-refractivity contribution in [3.63, 3.8) is 0 Å². The maximum atomic E-state index is 12.2. The Balaban J connectivity index is 3.45. The summed E-state index contributed by atoms with van der Waals surface area (Å²) in [4.78, 5) is 22.7. The van der Waals surface area contributed by atoms with Crippen LogP contribution in [0.2, 0.25) is 0 Å². The number of halogens is 3. The van der Waals surface area contributed by atoms with E-state index in [0.29, 0.717) is 0 Å². The highest BCUT2D eigenvalue weighted by atomic mass is 19.4. The molecule has 1 rings (SSSR count). The van der Waals surface area contributed by atoms with E-state index in [1.165, 1.54) is 4.98 Å². The molecule has 0 bridgehead atoms. The van der Waals surface area contributed by atoms with Gasteiger partial charge in [0.05, 0.1) is 5.56 Å². The Morgan fingerprint density at radius 2 is 1.93 bits per heavy atom. The molecule has 0 saturated carbocycles. The Kier molecular flexibility index (Phi) is 2.33. The number of H-pyrrole nitrogens is 1. The summed E-state index contributed by atoms with van der Waals surface area (Å²) in [5.41, 5.74) is 1.59. The molecular weight excluding hydrogens is 201 g/mol. The van der Waals surface area contributed by atoms with Crippen molar-refractivity contribution >= 4 is 5.91 Å². The number of carbonyl (C=O) groups excluding carboxylic acids is 1. The van der Waals surface area contributed by atoms with E-state index in [9.17, 15) is 22.8 Å². The highest BCUT2D eigenvalue weighted by Crippen LogP contribution is 2.28. The average Bonchev–Trinajstić information content (AvgIpc) is 2.01. The molecule has 0 saturated heterocycles. The van der Waals surface area contributed by atoms with Gasteiger partial charge in [-0.2, -0.15) is 13.2 Å². The van der Waals surface area contributed by atoms with Crippen LogP contribution < -0.4 is 11.3 Å². The fraction of sp³-hybridized carbons (Fsp3) is 0.143. The second-order valence-corrected chi connectivity index (χ2v) is 2.47. The monoisotopic (exact) mass is 206 g/mol. The first kappa shape index (κ1) is 10.3. The van der Waals surface area contributed by atoms with Crippen LogP contribution in [0.3, 0.4) is 0 Å². The van der Waals surface area contributed by atoms with Crippen LogP contribution in [0.5, 0.6) is 0 Å². The first-order valence-electron chi connectivity index (χ1n) is 3.42. The van der Waals surface area contributed by atoms with Crippen LogP contribution >= 0.6 is 0 Å². The van der Waals surface area contributed by atoms with Gasteiger partial charge in [-0.15, -0.1) is 0 Å². The molecule has 0 aliphatic rings. The maximum absolute atomic E-state index is 12.2. The highest BCUT2D eigenvalue weighted by Gasteiger charge is 2.35. The number of primary amides is 1. The van der Waals surface area contributed by atoms with Crippen molar-refractivity contribution in [2.45, 2.75) is 6.18 Å². The number of aromatic nitrogens is 1. The molecule has 0 spiro atoms. The Bertz CT molecular complexity index is 422. The van der Waals surface area contributed by atoms with Crippen molar-refractivity contribution in [3.8, 4) is 0 Å². The summed E-state index contributed by atoms with van der Waals surface area (Å²) in [5, 5.41) is 0. The first-order chi connectivity index (χ1) is 6.32. The van der Waals surface area contributed by atoms with Crippen molar-refractivity contribution in [2.75, 3.05) is 0 Å². The van der Waals surface area contributed by atoms with Crippen molar-refractivity contribution < 1.29 is 18.0 Å².